The molecule has 2 aromatic heterocycles. The lowest BCUT2D eigenvalue weighted by Crippen LogP contribution is -2.23. The van der Waals surface area contributed by atoms with E-state index < -0.39 is 0 Å². The zero-order chi connectivity index (χ0) is 16.1. The number of nitrogens with zero attached hydrogens (tertiary/aromatic N) is 2. The van der Waals surface area contributed by atoms with Gasteiger partial charge in [0.1, 0.15) is 11.6 Å². The first kappa shape index (κ1) is 15.0. The van der Waals surface area contributed by atoms with E-state index >= 15 is 0 Å². The first-order chi connectivity index (χ1) is 11.2. The van der Waals surface area contributed by atoms with Crippen LogP contribution in [0.4, 0.5) is 4.39 Å². The van der Waals surface area contributed by atoms with Crippen molar-refractivity contribution in [2.45, 2.75) is 19.4 Å². The molecule has 0 aliphatic heterocycles. The van der Waals surface area contributed by atoms with Gasteiger partial charge in [0.2, 0.25) is 5.91 Å². The van der Waals surface area contributed by atoms with E-state index in [1.165, 1.54) is 12.4 Å². The van der Waals surface area contributed by atoms with Crippen molar-refractivity contribution in [1.82, 2.24) is 14.9 Å². The Kier molecular flexibility index (Phi) is 4.52. The van der Waals surface area contributed by atoms with Crippen molar-refractivity contribution in [2.24, 2.45) is 0 Å². The fraction of sp³-hybridized carbons (Fsp3) is 0.176. The third-order valence-electron chi connectivity index (χ3n) is 3.46. The normalized spacial score (nSPS) is 10.7. The average molecular weight is 313 g/mol. The molecular weight excluding hydrogens is 297 g/mol. The molecule has 0 atom stereocenters. The Morgan fingerprint density at radius 2 is 2.26 bits per heavy atom. The Morgan fingerprint density at radius 3 is 2.96 bits per heavy atom. The molecule has 1 amide bonds. The molecule has 5 nitrogen and oxygen atoms in total. The quantitative estimate of drug-likeness (QED) is 0.761. The highest BCUT2D eigenvalue weighted by molar-refractivity contribution is 5.76. The number of imidazole rings is 1. The van der Waals surface area contributed by atoms with E-state index in [0.717, 1.165) is 5.76 Å². The van der Waals surface area contributed by atoms with Gasteiger partial charge in [-0.15, -0.1) is 0 Å². The van der Waals surface area contributed by atoms with Crippen molar-refractivity contribution >= 4 is 5.91 Å². The van der Waals surface area contributed by atoms with Gasteiger partial charge in [0.15, 0.2) is 0 Å². The lowest BCUT2D eigenvalue weighted by molar-refractivity contribution is -0.121. The molecule has 0 saturated heterocycles. The van der Waals surface area contributed by atoms with Gasteiger partial charge in [-0.05, 0) is 29.8 Å². The van der Waals surface area contributed by atoms with Crippen LogP contribution in [0.15, 0.2) is 59.7 Å². The maximum atomic E-state index is 14.1. The van der Waals surface area contributed by atoms with E-state index in [0.29, 0.717) is 24.1 Å². The van der Waals surface area contributed by atoms with E-state index in [4.69, 9.17) is 4.42 Å². The second kappa shape index (κ2) is 6.91. The van der Waals surface area contributed by atoms with Gasteiger partial charge in [0.05, 0.1) is 18.3 Å². The predicted octanol–water partition coefficient (Wildman–Crippen LogP) is 2.85. The van der Waals surface area contributed by atoms with Crippen LogP contribution in [-0.2, 0) is 17.8 Å². The third kappa shape index (κ3) is 3.85. The van der Waals surface area contributed by atoms with Gasteiger partial charge in [0.25, 0.3) is 0 Å². The smallest absolute Gasteiger partial charge is 0.220 e. The molecule has 0 radical (unpaired) electrons. The Labute approximate surface area is 132 Å². The van der Waals surface area contributed by atoms with Crippen LogP contribution in [0.5, 0.6) is 0 Å². The molecule has 0 spiro atoms. The Balaban J connectivity index is 1.54. The van der Waals surface area contributed by atoms with Crippen LogP contribution in [-0.4, -0.2) is 15.5 Å². The predicted molar refractivity (Wildman–Crippen MR) is 82.4 cm³/mol. The molecule has 0 unspecified atom stereocenters. The summed E-state index contributed by atoms with van der Waals surface area (Å²) in [6.45, 7) is 0.290. The van der Waals surface area contributed by atoms with E-state index in [9.17, 15) is 9.18 Å². The number of furan rings is 1. The summed E-state index contributed by atoms with van der Waals surface area (Å²) in [6, 6.07) is 8.49. The van der Waals surface area contributed by atoms with Gasteiger partial charge < -0.3 is 14.3 Å². The number of benzene rings is 1. The second-order valence-corrected chi connectivity index (χ2v) is 5.11. The van der Waals surface area contributed by atoms with Gasteiger partial charge >= 0.3 is 0 Å². The molecule has 3 aromatic rings. The molecule has 0 saturated carbocycles. The molecule has 2 heterocycles. The van der Waals surface area contributed by atoms with Crippen molar-refractivity contribution < 1.29 is 13.6 Å². The molecule has 0 bridgehead atoms. The number of amides is 1. The largest absolute Gasteiger partial charge is 0.469 e. The van der Waals surface area contributed by atoms with Crippen LogP contribution >= 0.6 is 0 Å². The Bertz CT molecular complexity index is 767. The highest BCUT2D eigenvalue weighted by Crippen LogP contribution is 2.15. The van der Waals surface area contributed by atoms with Crippen LogP contribution in [0.3, 0.4) is 0 Å². The maximum absolute atomic E-state index is 14.1. The highest BCUT2D eigenvalue weighted by atomic mass is 19.1. The van der Waals surface area contributed by atoms with Crippen molar-refractivity contribution in [2.75, 3.05) is 0 Å². The lowest BCUT2D eigenvalue weighted by Gasteiger charge is -2.08. The van der Waals surface area contributed by atoms with Gasteiger partial charge in [-0.1, -0.05) is 6.07 Å². The van der Waals surface area contributed by atoms with E-state index in [-0.39, 0.29) is 18.3 Å². The molecule has 3 rings (SSSR count). The van der Waals surface area contributed by atoms with Crippen molar-refractivity contribution in [3.63, 3.8) is 0 Å². The van der Waals surface area contributed by atoms with Crippen LogP contribution in [0, 0.1) is 5.82 Å². The third-order valence-corrected chi connectivity index (χ3v) is 3.46. The fourth-order valence-corrected chi connectivity index (χ4v) is 2.25. The summed E-state index contributed by atoms with van der Waals surface area (Å²) >= 11 is 0. The molecule has 0 aliphatic rings. The first-order valence-corrected chi connectivity index (χ1v) is 7.28. The zero-order valence-corrected chi connectivity index (χ0v) is 12.4. The van der Waals surface area contributed by atoms with E-state index in [2.05, 4.69) is 10.3 Å². The summed E-state index contributed by atoms with van der Waals surface area (Å²) in [5.41, 5.74) is 1.13. The van der Waals surface area contributed by atoms with Crippen LogP contribution in [0.1, 0.15) is 17.7 Å². The van der Waals surface area contributed by atoms with Crippen LogP contribution in [0.2, 0.25) is 0 Å². The number of hydrogen-bond donors (Lipinski definition) is 1. The molecular formula is C17H16FN3O2. The number of hydrogen-bond acceptors (Lipinski definition) is 3. The summed E-state index contributed by atoms with van der Waals surface area (Å²) < 4.78 is 20.9. The molecule has 0 aliphatic carbocycles. The molecule has 118 valence electrons. The number of halogens is 1. The van der Waals surface area contributed by atoms with E-state index in [1.54, 1.807) is 41.4 Å². The molecule has 6 heteroatoms. The Morgan fingerprint density at radius 1 is 1.35 bits per heavy atom. The van der Waals surface area contributed by atoms with Crippen LogP contribution in [0.25, 0.3) is 5.69 Å². The number of carbonyl (C=O) groups excluding carboxylic acids is 1. The zero-order valence-electron chi connectivity index (χ0n) is 12.4. The number of nitrogens with one attached hydrogen (secondary N) is 1. The number of rotatable bonds is 6. The standard InChI is InChI=1S/C17H16FN3O2/c18-15-10-13(3-5-16(15)21-8-7-19-12-21)11-20-17(22)6-4-14-2-1-9-23-14/h1-3,5,7-10,12H,4,6,11H2,(H,20,22). The summed E-state index contributed by atoms with van der Waals surface area (Å²) in [5.74, 6) is 0.321. The Hall–Kier alpha value is -2.89. The molecule has 1 N–H and O–H groups in total. The summed E-state index contributed by atoms with van der Waals surface area (Å²) in [6.07, 6.45) is 7.27. The second-order valence-electron chi connectivity index (χ2n) is 5.11. The molecule has 0 fully saturated rings. The summed E-state index contributed by atoms with van der Waals surface area (Å²) in [5, 5.41) is 2.78. The van der Waals surface area contributed by atoms with E-state index in [1.807, 2.05) is 6.07 Å². The summed E-state index contributed by atoms with van der Waals surface area (Å²) in [4.78, 5) is 15.7. The minimum atomic E-state index is -0.356. The van der Waals surface area contributed by atoms with Crippen LogP contribution < -0.4 is 5.32 Å². The lowest BCUT2D eigenvalue weighted by atomic mass is 10.2. The van der Waals surface area contributed by atoms with Gasteiger partial charge in [-0.2, -0.15) is 0 Å². The molecule has 23 heavy (non-hydrogen) atoms. The number of aryl methyl sites for hydroxylation is 1. The minimum absolute atomic E-state index is 0.0968. The highest BCUT2D eigenvalue weighted by Gasteiger charge is 2.07. The van der Waals surface area contributed by atoms with Gasteiger partial charge in [0, 0.05) is 31.8 Å². The average Bonchev–Trinajstić information content (AvgIpc) is 3.24. The van der Waals surface area contributed by atoms with Crippen molar-refractivity contribution in [1.29, 1.82) is 0 Å². The number of aromatic nitrogens is 2. The minimum Gasteiger partial charge on any atom is -0.469 e. The van der Waals surface area contributed by atoms with Gasteiger partial charge in [-0.3, -0.25) is 4.79 Å². The summed E-state index contributed by atoms with van der Waals surface area (Å²) in [7, 11) is 0. The maximum Gasteiger partial charge on any atom is 0.220 e. The van der Waals surface area contributed by atoms with Gasteiger partial charge in [-0.25, -0.2) is 9.37 Å². The van der Waals surface area contributed by atoms with Crippen molar-refractivity contribution in [3.05, 3.63) is 72.5 Å². The number of carbonyl (C=O) groups is 1. The monoisotopic (exact) mass is 313 g/mol. The fourth-order valence-electron chi connectivity index (χ4n) is 2.25. The molecule has 1 aromatic carbocycles. The topological polar surface area (TPSA) is 60.1 Å². The first-order valence-electron chi connectivity index (χ1n) is 7.28. The van der Waals surface area contributed by atoms with Crippen molar-refractivity contribution in [3.8, 4) is 5.69 Å². The SMILES string of the molecule is O=C(CCc1ccco1)NCc1ccc(-n2ccnc2)c(F)c1.